The summed E-state index contributed by atoms with van der Waals surface area (Å²) in [6.07, 6.45) is 25.2. The first-order chi connectivity index (χ1) is 39.8. The first-order valence-corrected chi connectivity index (χ1v) is 31.9. The van der Waals surface area contributed by atoms with Crippen molar-refractivity contribution >= 4 is 5.91 Å². The normalized spacial score (nSPS) is 29.9. The molecule has 3 heterocycles. The van der Waals surface area contributed by atoms with Crippen molar-refractivity contribution in [3.8, 4) is 0 Å². The first kappa shape index (κ1) is 74.0. The van der Waals surface area contributed by atoms with Crippen LogP contribution in [0.25, 0.3) is 0 Å². The van der Waals surface area contributed by atoms with Gasteiger partial charge >= 0.3 is 0 Å². The fourth-order valence-corrected chi connectivity index (χ4v) is 10.6. The van der Waals surface area contributed by atoms with Crippen molar-refractivity contribution in [2.45, 2.75) is 317 Å². The fraction of sp³-hybridized carbons (Fsp3) is 0.857. The average Bonchev–Trinajstić information content (AvgIpc) is 3.40. The van der Waals surface area contributed by atoms with Gasteiger partial charge in [0.15, 0.2) is 18.9 Å². The van der Waals surface area contributed by atoms with E-state index in [4.69, 9.17) is 28.4 Å². The standard InChI is InChI=1S/C63H113NO18/c1-3-5-7-9-11-13-15-17-19-20-21-22-23-24-25-27-28-30-32-34-36-38-40-47(68)46(64-51(69)41-39-37-35-33-31-29-26-18-16-14-12-10-8-6-4-2)45-77-61-57(75)54(72)59(49(43-66)79-61)82-63-58(76)55(73)60(50(44-67)80-63)81-62-56(74)53(71)52(70)48(42-65)78-62/h12,14,18,26,30,32,38,40,46-50,52-63,65-68,70-76H,3-11,13,15-17,19-25,27-29,31,33-37,39,41-45H2,1-2H3,(H,64,69)/b14-12-,26-18-,32-30+,40-38+. The molecule has 3 saturated heterocycles. The van der Waals surface area contributed by atoms with Crippen LogP contribution >= 0.6 is 0 Å². The lowest BCUT2D eigenvalue weighted by Crippen LogP contribution is -2.66. The average molecular weight is 1170 g/mol. The number of rotatable bonds is 47. The molecule has 3 rings (SSSR count). The van der Waals surface area contributed by atoms with Gasteiger partial charge in [0.2, 0.25) is 5.91 Å². The van der Waals surface area contributed by atoms with Crippen LogP contribution < -0.4 is 5.32 Å². The fourth-order valence-electron chi connectivity index (χ4n) is 10.6. The summed E-state index contributed by atoms with van der Waals surface area (Å²) in [5, 5.41) is 120. The van der Waals surface area contributed by atoms with Gasteiger partial charge in [-0.2, -0.15) is 0 Å². The van der Waals surface area contributed by atoms with Crippen LogP contribution in [-0.2, 0) is 33.2 Å². The molecule has 0 aromatic heterocycles. The maximum atomic E-state index is 13.3. The van der Waals surface area contributed by atoms with Gasteiger partial charge < -0.3 is 89.9 Å². The Morgan fingerprint density at radius 1 is 0.439 bits per heavy atom. The molecule has 0 spiro atoms. The van der Waals surface area contributed by atoms with Gasteiger partial charge in [0.05, 0.1) is 38.6 Å². The second kappa shape index (κ2) is 46.0. The molecular weight excluding hydrogens is 1060 g/mol. The van der Waals surface area contributed by atoms with E-state index in [1.54, 1.807) is 6.08 Å². The van der Waals surface area contributed by atoms with Gasteiger partial charge in [-0.05, 0) is 64.2 Å². The summed E-state index contributed by atoms with van der Waals surface area (Å²) in [5.74, 6) is -0.300. The van der Waals surface area contributed by atoms with Crippen molar-refractivity contribution in [1.82, 2.24) is 5.32 Å². The third-order valence-electron chi connectivity index (χ3n) is 15.8. The number of aliphatic hydroxyl groups excluding tert-OH is 11. The van der Waals surface area contributed by atoms with Gasteiger partial charge in [0.1, 0.15) is 73.2 Å². The smallest absolute Gasteiger partial charge is 0.220 e. The molecule has 0 bridgehead atoms. The molecule has 17 unspecified atom stereocenters. The second-order valence-corrected chi connectivity index (χ2v) is 22.9. The number of nitrogens with one attached hydrogen (secondary N) is 1. The predicted octanol–water partition coefficient (Wildman–Crippen LogP) is 6.65. The van der Waals surface area contributed by atoms with Crippen LogP contribution in [0.15, 0.2) is 48.6 Å². The summed E-state index contributed by atoms with van der Waals surface area (Å²) in [6.45, 7) is 1.67. The summed E-state index contributed by atoms with van der Waals surface area (Å²) >= 11 is 0. The first-order valence-electron chi connectivity index (χ1n) is 31.9. The van der Waals surface area contributed by atoms with E-state index >= 15 is 0 Å². The topological polar surface area (TPSA) is 307 Å². The van der Waals surface area contributed by atoms with Gasteiger partial charge in [-0.3, -0.25) is 4.79 Å². The summed E-state index contributed by atoms with van der Waals surface area (Å²) in [6, 6.07) is -0.998. The number of unbranched alkanes of at least 4 members (excludes halogenated alkanes) is 25. The number of amides is 1. The minimum Gasteiger partial charge on any atom is -0.394 e. The molecule has 3 aliphatic rings. The summed E-state index contributed by atoms with van der Waals surface area (Å²) in [5.41, 5.74) is 0. The summed E-state index contributed by atoms with van der Waals surface area (Å²) < 4.78 is 34.2. The Bertz CT molecular complexity index is 1680. The molecule has 0 aliphatic carbocycles. The maximum Gasteiger partial charge on any atom is 0.220 e. The predicted molar refractivity (Wildman–Crippen MR) is 314 cm³/mol. The molecule has 3 aliphatic heterocycles. The van der Waals surface area contributed by atoms with Crippen LogP contribution in [0.4, 0.5) is 0 Å². The molecule has 1 amide bonds. The minimum atomic E-state index is -1.98. The Morgan fingerprint density at radius 3 is 1.32 bits per heavy atom. The van der Waals surface area contributed by atoms with Crippen molar-refractivity contribution in [3.05, 3.63) is 48.6 Å². The van der Waals surface area contributed by atoms with E-state index in [-0.39, 0.29) is 18.9 Å². The van der Waals surface area contributed by atoms with Crippen LogP contribution in [0, 0.1) is 0 Å². The molecule has 0 aromatic rings. The van der Waals surface area contributed by atoms with Crippen molar-refractivity contribution in [2.24, 2.45) is 0 Å². The monoisotopic (exact) mass is 1170 g/mol. The summed E-state index contributed by atoms with van der Waals surface area (Å²) in [4.78, 5) is 13.3. The molecular formula is C63H113NO18. The van der Waals surface area contributed by atoms with Crippen LogP contribution in [0.1, 0.15) is 213 Å². The third-order valence-corrected chi connectivity index (χ3v) is 15.8. The largest absolute Gasteiger partial charge is 0.394 e. The Kier molecular flexibility index (Phi) is 41.5. The van der Waals surface area contributed by atoms with Crippen LogP contribution in [0.2, 0.25) is 0 Å². The molecule has 19 nitrogen and oxygen atoms in total. The minimum absolute atomic E-state index is 0.218. The molecule has 0 radical (unpaired) electrons. The highest BCUT2D eigenvalue weighted by molar-refractivity contribution is 5.76. The molecule has 0 aromatic carbocycles. The molecule has 0 saturated carbocycles. The molecule has 17 atom stereocenters. The van der Waals surface area contributed by atoms with Gasteiger partial charge in [-0.1, -0.05) is 191 Å². The zero-order valence-electron chi connectivity index (χ0n) is 50.0. The van der Waals surface area contributed by atoms with E-state index in [1.807, 2.05) is 6.08 Å². The van der Waals surface area contributed by atoms with Crippen molar-refractivity contribution < 1.29 is 89.4 Å². The zero-order chi connectivity index (χ0) is 59.7. The number of hydrogen-bond acceptors (Lipinski definition) is 18. The second-order valence-electron chi connectivity index (χ2n) is 22.9. The molecule has 3 fully saturated rings. The molecule has 19 heteroatoms. The van der Waals surface area contributed by atoms with Crippen molar-refractivity contribution in [1.29, 1.82) is 0 Å². The van der Waals surface area contributed by atoms with Crippen molar-refractivity contribution in [2.75, 3.05) is 26.4 Å². The van der Waals surface area contributed by atoms with Crippen LogP contribution in [0.3, 0.4) is 0 Å². The van der Waals surface area contributed by atoms with Crippen LogP contribution in [0.5, 0.6) is 0 Å². The lowest BCUT2D eigenvalue weighted by atomic mass is 9.96. The van der Waals surface area contributed by atoms with Gasteiger partial charge in [-0.15, -0.1) is 0 Å². The number of hydrogen-bond donors (Lipinski definition) is 12. The highest BCUT2D eigenvalue weighted by atomic mass is 16.8. The quantitative estimate of drug-likeness (QED) is 0.0224. The zero-order valence-corrected chi connectivity index (χ0v) is 50.0. The van der Waals surface area contributed by atoms with E-state index in [0.29, 0.717) is 12.8 Å². The molecule has 12 N–H and O–H groups in total. The van der Waals surface area contributed by atoms with E-state index in [1.165, 1.54) is 116 Å². The highest BCUT2D eigenvalue weighted by Gasteiger charge is 2.53. The number of carbonyl (C=O) groups is 1. The number of ether oxygens (including phenoxy) is 6. The SMILES string of the molecule is CCCCC/C=C\C/C=C\CCCCCCCC(=O)NC(COC1OC(CO)C(OC2OC(CO)C(OC3OC(CO)C(O)C(O)C3O)C(O)C2O)C(O)C1O)C(O)/C=C/CC/C=C/CCCCCCCCCCCCCCCCCC. The Labute approximate surface area is 491 Å². The highest BCUT2D eigenvalue weighted by Crippen LogP contribution is 2.33. The molecule has 478 valence electrons. The Balaban J connectivity index is 1.50. The van der Waals surface area contributed by atoms with E-state index in [9.17, 15) is 61.0 Å². The van der Waals surface area contributed by atoms with E-state index in [2.05, 4.69) is 55.6 Å². The number of carbonyl (C=O) groups excluding carboxylic acids is 1. The third kappa shape index (κ3) is 29.0. The lowest BCUT2D eigenvalue weighted by molar-refractivity contribution is -0.379. The lowest BCUT2D eigenvalue weighted by Gasteiger charge is -2.48. The van der Waals surface area contributed by atoms with Crippen molar-refractivity contribution in [3.63, 3.8) is 0 Å². The molecule has 82 heavy (non-hydrogen) atoms. The van der Waals surface area contributed by atoms with Gasteiger partial charge in [-0.25, -0.2) is 0 Å². The van der Waals surface area contributed by atoms with E-state index < -0.39 is 124 Å². The Morgan fingerprint density at radius 2 is 0.817 bits per heavy atom. The Hall–Kier alpha value is -2.25. The van der Waals surface area contributed by atoms with Crippen LogP contribution in [-0.4, -0.2) is 193 Å². The number of allylic oxidation sites excluding steroid dienone is 7. The number of aliphatic hydroxyl groups is 11. The maximum absolute atomic E-state index is 13.3. The summed E-state index contributed by atoms with van der Waals surface area (Å²) in [7, 11) is 0. The van der Waals surface area contributed by atoms with Gasteiger partial charge in [0.25, 0.3) is 0 Å². The van der Waals surface area contributed by atoms with Gasteiger partial charge in [0, 0.05) is 6.42 Å². The van der Waals surface area contributed by atoms with E-state index in [0.717, 1.165) is 64.2 Å².